The molecule has 1 aliphatic carbocycles. The van der Waals surface area contributed by atoms with E-state index in [4.69, 9.17) is 0 Å². The first-order chi connectivity index (χ1) is 14.8. The van der Waals surface area contributed by atoms with E-state index >= 15 is 0 Å². The van der Waals surface area contributed by atoms with Crippen LogP contribution in [0.4, 0.5) is 0 Å². The summed E-state index contributed by atoms with van der Waals surface area (Å²) in [4.78, 5) is 14.9. The van der Waals surface area contributed by atoms with E-state index < -0.39 is 0 Å². The van der Waals surface area contributed by atoms with Gasteiger partial charge in [-0.3, -0.25) is 4.79 Å². The molecule has 156 valence electrons. The lowest BCUT2D eigenvalue weighted by Crippen LogP contribution is -2.33. The van der Waals surface area contributed by atoms with E-state index in [0.29, 0.717) is 12.3 Å². The molecule has 0 spiro atoms. The molecule has 3 aromatic rings. The van der Waals surface area contributed by atoms with Crippen LogP contribution >= 0.6 is 0 Å². The van der Waals surface area contributed by atoms with Crippen LogP contribution in [0.1, 0.15) is 60.4 Å². The van der Waals surface area contributed by atoms with Gasteiger partial charge in [0, 0.05) is 35.6 Å². The maximum absolute atomic E-state index is 12.3. The fraction of sp³-hybridized carbons (Fsp3) is 0.444. The number of benzene rings is 2. The van der Waals surface area contributed by atoms with Crippen molar-refractivity contribution in [1.29, 1.82) is 0 Å². The van der Waals surface area contributed by atoms with Gasteiger partial charge in [-0.15, -0.1) is 0 Å². The fourth-order valence-electron chi connectivity index (χ4n) is 5.03. The smallest absolute Gasteiger partial charge is 0.162 e. The van der Waals surface area contributed by atoms with E-state index in [9.17, 15) is 4.79 Å². The van der Waals surface area contributed by atoms with Crippen molar-refractivity contribution < 1.29 is 4.79 Å². The summed E-state index contributed by atoms with van der Waals surface area (Å²) in [6, 6.07) is 18.7. The van der Waals surface area contributed by atoms with Crippen molar-refractivity contribution in [2.75, 3.05) is 19.6 Å². The maximum atomic E-state index is 12.3. The van der Waals surface area contributed by atoms with Crippen LogP contribution in [-0.4, -0.2) is 34.9 Å². The third kappa shape index (κ3) is 4.37. The molecule has 0 unspecified atom stereocenters. The summed E-state index contributed by atoms with van der Waals surface area (Å²) in [6.45, 7) is 4.52. The third-order valence-electron chi connectivity index (χ3n) is 6.97. The zero-order chi connectivity index (χ0) is 20.3. The first kappa shape index (κ1) is 19.6. The van der Waals surface area contributed by atoms with E-state index in [1.807, 2.05) is 30.3 Å². The molecule has 3 nitrogen and oxygen atoms in total. The Hall–Kier alpha value is -2.39. The first-order valence-electron chi connectivity index (χ1n) is 11.7. The highest BCUT2D eigenvalue weighted by Crippen LogP contribution is 2.37. The minimum Gasteiger partial charge on any atom is -0.347 e. The van der Waals surface area contributed by atoms with Gasteiger partial charge < -0.3 is 9.47 Å². The molecule has 30 heavy (non-hydrogen) atoms. The van der Waals surface area contributed by atoms with Gasteiger partial charge in [-0.25, -0.2) is 0 Å². The topological polar surface area (TPSA) is 25.2 Å². The number of likely N-dealkylation sites (tertiary alicyclic amines) is 1. The molecule has 0 radical (unpaired) electrons. The second kappa shape index (κ2) is 8.77. The van der Waals surface area contributed by atoms with Gasteiger partial charge in [-0.05, 0) is 75.2 Å². The van der Waals surface area contributed by atoms with Gasteiger partial charge in [0.2, 0.25) is 0 Å². The number of hydrogen-bond donors (Lipinski definition) is 0. The van der Waals surface area contributed by atoms with Crippen molar-refractivity contribution >= 4 is 16.7 Å². The molecule has 2 aliphatic rings. The van der Waals surface area contributed by atoms with Gasteiger partial charge in [-0.2, -0.15) is 0 Å². The molecule has 0 bridgehead atoms. The molecule has 1 aliphatic heterocycles. The summed E-state index contributed by atoms with van der Waals surface area (Å²) in [7, 11) is 0. The molecule has 0 amide bonds. The van der Waals surface area contributed by atoms with Crippen LogP contribution in [-0.2, 0) is 6.54 Å². The number of para-hydroxylation sites is 1. The number of Topliss-reactive ketones (excluding diaryl/α,β-unsaturated/α-hetero) is 1. The Morgan fingerprint density at radius 1 is 0.900 bits per heavy atom. The molecule has 2 heterocycles. The summed E-state index contributed by atoms with van der Waals surface area (Å²) in [5, 5.41) is 1.46. The SMILES string of the molecule is O=C(CCCN1CCC(c2cn(CC3CC3)c3ccccc23)CC1)c1ccccc1. The molecule has 0 N–H and O–H groups in total. The van der Waals surface area contributed by atoms with Crippen LogP contribution in [0.15, 0.2) is 60.8 Å². The number of piperidine rings is 1. The van der Waals surface area contributed by atoms with Gasteiger partial charge in [0.05, 0.1) is 0 Å². The lowest BCUT2D eigenvalue weighted by molar-refractivity contribution is 0.0972. The molecular weight excluding hydrogens is 368 g/mol. The number of carbonyl (C=O) groups is 1. The number of fused-ring (bicyclic) bond motifs is 1. The van der Waals surface area contributed by atoms with Crippen LogP contribution < -0.4 is 0 Å². The average molecular weight is 401 g/mol. The Morgan fingerprint density at radius 3 is 2.40 bits per heavy atom. The Morgan fingerprint density at radius 2 is 1.63 bits per heavy atom. The van der Waals surface area contributed by atoms with E-state index in [2.05, 4.69) is 39.9 Å². The van der Waals surface area contributed by atoms with Crippen molar-refractivity contribution in [3.05, 3.63) is 71.9 Å². The van der Waals surface area contributed by atoms with Crippen molar-refractivity contribution in [3.8, 4) is 0 Å². The zero-order valence-corrected chi connectivity index (χ0v) is 17.8. The van der Waals surface area contributed by atoms with Crippen LogP contribution in [0.2, 0.25) is 0 Å². The number of ketones is 1. The lowest BCUT2D eigenvalue weighted by atomic mass is 9.89. The first-order valence-corrected chi connectivity index (χ1v) is 11.7. The van der Waals surface area contributed by atoms with Crippen LogP contribution in [0.3, 0.4) is 0 Å². The molecule has 1 saturated heterocycles. The number of nitrogens with zero attached hydrogens (tertiary/aromatic N) is 2. The normalized spacial score (nSPS) is 18.1. The van der Waals surface area contributed by atoms with E-state index in [-0.39, 0.29) is 5.78 Å². The zero-order valence-electron chi connectivity index (χ0n) is 17.8. The summed E-state index contributed by atoms with van der Waals surface area (Å²) < 4.78 is 2.52. The Bertz CT molecular complexity index is 994. The molecular formula is C27H32N2O. The third-order valence-corrected chi connectivity index (χ3v) is 6.97. The number of aromatic nitrogens is 1. The number of hydrogen-bond acceptors (Lipinski definition) is 2. The molecule has 5 rings (SSSR count). The molecule has 2 fully saturated rings. The number of rotatable bonds is 8. The summed E-state index contributed by atoms with van der Waals surface area (Å²) in [5.41, 5.74) is 3.82. The van der Waals surface area contributed by atoms with Crippen LogP contribution in [0.5, 0.6) is 0 Å². The van der Waals surface area contributed by atoms with Crippen molar-refractivity contribution in [3.63, 3.8) is 0 Å². The van der Waals surface area contributed by atoms with Crippen molar-refractivity contribution in [2.45, 2.75) is 51.0 Å². The summed E-state index contributed by atoms with van der Waals surface area (Å²) in [5.74, 6) is 1.83. The monoisotopic (exact) mass is 400 g/mol. The molecule has 2 aromatic carbocycles. The highest BCUT2D eigenvalue weighted by Gasteiger charge is 2.26. The minimum atomic E-state index is 0.272. The predicted octanol–water partition coefficient (Wildman–Crippen LogP) is 5.89. The minimum absolute atomic E-state index is 0.272. The largest absolute Gasteiger partial charge is 0.347 e. The highest BCUT2D eigenvalue weighted by atomic mass is 16.1. The van der Waals surface area contributed by atoms with Gasteiger partial charge in [0.25, 0.3) is 0 Å². The highest BCUT2D eigenvalue weighted by molar-refractivity contribution is 5.95. The Kier molecular flexibility index (Phi) is 5.72. The second-order valence-electron chi connectivity index (χ2n) is 9.21. The van der Waals surface area contributed by atoms with Crippen LogP contribution in [0.25, 0.3) is 10.9 Å². The molecule has 1 aromatic heterocycles. The average Bonchev–Trinajstić information content (AvgIpc) is 3.55. The van der Waals surface area contributed by atoms with Gasteiger partial charge in [0.1, 0.15) is 0 Å². The lowest BCUT2D eigenvalue weighted by Gasteiger charge is -2.32. The van der Waals surface area contributed by atoms with Gasteiger partial charge >= 0.3 is 0 Å². The second-order valence-corrected chi connectivity index (χ2v) is 9.21. The van der Waals surface area contributed by atoms with Crippen molar-refractivity contribution in [2.24, 2.45) is 5.92 Å². The summed E-state index contributed by atoms with van der Waals surface area (Å²) >= 11 is 0. The van der Waals surface area contributed by atoms with E-state index in [1.165, 1.54) is 43.1 Å². The Labute approximate surface area is 179 Å². The maximum Gasteiger partial charge on any atom is 0.162 e. The molecule has 1 saturated carbocycles. The number of carbonyl (C=O) groups excluding carboxylic acids is 1. The Balaban J connectivity index is 1.16. The van der Waals surface area contributed by atoms with E-state index in [1.54, 1.807) is 5.56 Å². The van der Waals surface area contributed by atoms with E-state index in [0.717, 1.165) is 37.5 Å². The van der Waals surface area contributed by atoms with Gasteiger partial charge in [0.15, 0.2) is 5.78 Å². The van der Waals surface area contributed by atoms with Gasteiger partial charge in [-0.1, -0.05) is 48.5 Å². The molecule has 0 atom stereocenters. The quantitative estimate of drug-likeness (QED) is 0.440. The molecule has 3 heteroatoms. The summed E-state index contributed by atoms with van der Waals surface area (Å²) in [6.07, 6.45) is 9.31. The fourth-order valence-corrected chi connectivity index (χ4v) is 5.03. The van der Waals surface area contributed by atoms with Crippen LogP contribution in [0, 0.1) is 5.92 Å². The van der Waals surface area contributed by atoms with Crippen molar-refractivity contribution in [1.82, 2.24) is 9.47 Å². The standard InChI is InChI=1S/C27H32N2O/c30-27(23-7-2-1-3-8-23)11-6-16-28-17-14-22(15-18-28)25-20-29(19-21-12-13-21)26-10-5-4-9-24(25)26/h1-5,7-10,20-22H,6,11-19H2. The predicted molar refractivity (Wildman–Crippen MR) is 123 cm³/mol.